The first-order chi connectivity index (χ1) is 9.70. The molecular formula is C15H22N2O3. The fourth-order valence-corrected chi connectivity index (χ4v) is 2.36. The van der Waals surface area contributed by atoms with E-state index >= 15 is 0 Å². The number of benzene rings is 1. The number of amides is 1. The van der Waals surface area contributed by atoms with Gasteiger partial charge in [-0.15, -0.1) is 0 Å². The SMILES string of the molecule is COc1cccc(C(O)CNC(=O)C2CCCCN2)c1. The summed E-state index contributed by atoms with van der Waals surface area (Å²) in [5.41, 5.74) is 0.737. The van der Waals surface area contributed by atoms with E-state index in [1.165, 1.54) is 0 Å². The molecule has 0 aromatic heterocycles. The van der Waals surface area contributed by atoms with E-state index in [-0.39, 0.29) is 18.5 Å². The van der Waals surface area contributed by atoms with Crippen LogP contribution in [0.2, 0.25) is 0 Å². The number of ether oxygens (including phenoxy) is 1. The lowest BCUT2D eigenvalue weighted by Gasteiger charge is -2.23. The number of aliphatic hydroxyl groups excluding tert-OH is 1. The minimum atomic E-state index is -0.724. The third-order valence-electron chi connectivity index (χ3n) is 3.58. The summed E-state index contributed by atoms with van der Waals surface area (Å²) < 4.78 is 5.12. The molecule has 1 fully saturated rings. The number of nitrogens with one attached hydrogen (secondary N) is 2. The molecule has 1 aromatic carbocycles. The number of aliphatic hydroxyl groups is 1. The Hall–Kier alpha value is -1.59. The fraction of sp³-hybridized carbons (Fsp3) is 0.533. The first-order valence-electron chi connectivity index (χ1n) is 7.04. The number of rotatable bonds is 5. The van der Waals surface area contributed by atoms with Crippen LogP contribution in [-0.2, 0) is 4.79 Å². The Morgan fingerprint density at radius 3 is 3.10 bits per heavy atom. The van der Waals surface area contributed by atoms with Gasteiger partial charge in [-0.2, -0.15) is 0 Å². The van der Waals surface area contributed by atoms with Crippen molar-refractivity contribution >= 4 is 5.91 Å². The van der Waals surface area contributed by atoms with Gasteiger partial charge in [0.1, 0.15) is 5.75 Å². The van der Waals surface area contributed by atoms with E-state index in [0.717, 1.165) is 31.4 Å². The van der Waals surface area contributed by atoms with Crippen molar-refractivity contribution in [1.29, 1.82) is 0 Å². The second kappa shape index (κ2) is 7.26. The zero-order valence-electron chi connectivity index (χ0n) is 11.8. The summed E-state index contributed by atoms with van der Waals surface area (Å²) in [5, 5.41) is 16.1. The molecule has 20 heavy (non-hydrogen) atoms. The quantitative estimate of drug-likeness (QED) is 0.751. The summed E-state index contributed by atoms with van der Waals surface area (Å²) >= 11 is 0. The number of carbonyl (C=O) groups excluding carboxylic acids is 1. The lowest BCUT2D eigenvalue weighted by molar-refractivity contribution is -0.124. The monoisotopic (exact) mass is 278 g/mol. The van der Waals surface area contributed by atoms with E-state index in [1.54, 1.807) is 13.2 Å². The van der Waals surface area contributed by atoms with Gasteiger partial charge in [-0.1, -0.05) is 18.6 Å². The molecule has 1 amide bonds. The third kappa shape index (κ3) is 3.95. The molecule has 2 rings (SSSR count). The van der Waals surface area contributed by atoms with Gasteiger partial charge in [0.25, 0.3) is 0 Å². The highest BCUT2D eigenvalue weighted by molar-refractivity contribution is 5.81. The molecule has 1 aromatic rings. The number of hydrogen-bond acceptors (Lipinski definition) is 4. The summed E-state index contributed by atoms with van der Waals surface area (Å²) in [6.45, 7) is 1.10. The fourth-order valence-electron chi connectivity index (χ4n) is 2.36. The maximum Gasteiger partial charge on any atom is 0.237 e. The van der Waals surface area contributed by atoms with Gasteiger partial charge in [-0.3, -0.25) is 4.79 Å². The van der Waals surface area contributed by atoms with Gasteiger partial charge in [-0.05, 0) is 37.1 Å². The normalized spacial score (nSPS) is 20.2. The molecule has 0 spiro atoms. The van der Waals surface area contributed by atoms with Gasteiger partial charge in [0, 0.05) is 6.54 Å². The molecule has 5 heteroatoms. The number of piperidine rings is 1. The Kier molecular flexibility index (Phi) is 5.38. The Balaban J connectivity index is 1.84. The van der Waals surface area contributed by atoms with Gasteiger partial charge in [0.15, 0.2) is 0 Å². The van der Waals surface area contributed by atoms with Gasteiger partial charge >= 0.3 is 0 Å². The molecule has 5 nitrogen and oxygen atoms in total. The molecule has 2 atom stereocenters. The van der Waals surface area contributed by atoms with Crippen molar-refractivity contribution in [3.63, 3.8) is 0 Å². The van der Waals surface area contributed by atoms with Crippen LogP contribution >= 0.6 is 0 Å². The zero-order valence-corrected chi connectivity index (χ0v) is 11.8. The van der Waals surface area contributed by atoms with Crippen LogP contribution < -0.4 is 15.4 Å². The highest BCUT2D eigenvalue weighted by Gasteiger charge is 2.21. The average molecular weight is 278 g/mol. The Bertz CT molecular complexity index is 444. The summed E-state index contributed by atoms with van der Waals surface area (Å²) in [4.78, 5) is 11.9. The van der Waals surface area contributed by atoms with Crippen LogP contribution in [0.1, 0.15) is 30.9 Å². The number of hydrogen-bond donors (Lipinski definition) is 3. The van der Waals surface area contributed by atoms with Crippen LogP contribution in [-0.4, -0.2) is 37.3 Å². The molecule has 2 unspecified atom stereocenters. The van der Waals surface area contributed by atoms with Crippen molar-refractivity contribution in [2.45, 2.75) is 31.4 Å². The van der Waals surface area contributed by atoms with Crippen molar-refractivity contribution in [3.8, 4) is 5.75 Å². The van der Waals surface area contributed by atoms with E-state index in [4.69, 9.17) is 4.74 Å². The maximum atomic E-state index is 11.9. The second-order valence-corrected chi connectivity index (χ2v) is 5.04. The van der Waals surface area contributed by atoms with E-state index < -0.39 is 6.10 Å². The minimum absolute atomic E-state index is 0.0355. The molecule has 0 aliphatic carbocycles. The summed E-state index contributed by atoms with van der Waals surface area (Å²) in [6.07, 6.45) is 2.33. The van der Waals surface area contributed by atoms with Crippen molar-refractivity contribution < 1.29 is 14.6 Å². The van der Waals surface area contributed by atoms with Crippen LogP contribution in [0.25, 0.3) is 0 Å². The number of methoxy groups -OCH3 is 1. The zero-order chi connectivity index (χ0) is 14.4. The van der Waals surface area contributed by atoms with Crippen LogP contribution in [0, 0.1) is 0 Å². The standard InChI is InChI=1S/C15H22N2O3/c1-20-12-6-4-5-11(9-12)14(18)10-17-15(19)13-7-2-3-8-16-13/h4-6,9,13-14,16,18H,2-3,7-8,10H2,1H3,(H,17,19). The van der Waals surface area contributed by atoms with Crippen molar-refractivity contribution in [3.05, 3.63) is 29.8 Å². The molecule has 1 saturated heterocycles. The first-order valence-corrected chi connectivity index (χ1v) is 7.04. The smallest absolute Gasteiger partial charge is 0.237 e. The minimum Gasteiger partial charge on any atom is -0.497 e. The Morgan fingerprint density at radius 1 is 1.55 bits per heavy atom. The molecule has 0 radical (unpaired) electrons. The second-order valence-electron chi connectivity index (χ2n) is 5.04. The van der Waals surface area contributed by atoms with Crippen molar-refractivity contribution in [2.24, 2.45) is 0 Å². The van der Waals surface area contributed by atoms with E-state index in [0.29, 0.717) is 5.75 Å². The molecule has 1 aliphatic heterocycles. The highest BCUT2D eigenvalue weighted by Crippen LogP contribution is 2.18. The van der Waals surface area contributed by atoms with Crippen LogP contribution in [0.3, 0.4) is 0 Å². The topological polar surface area (TPSA) is 70.6 Å². The molecule has 0 saturated carbocycles. The van der Waals surface area contributed by atoms with E-state index in [1.807, 2.05) is 18.2 Å². The molecular weight excluding hydrogens is 256 g/mol. The van der Waals surface area contributed by atoms with E-state index in [2.05, 4.69) is 10.6 Å². The molecule has 110 valence electrons. The molecule has 3 N–H and O–H groups in total. The predicted octanol–water partition coefficient (Wildman–Crippen LogP) is 0.987. The lowest BCUT2D eigenvalue weighted by atomic mass is 10.0. The number of carbonyl (C=O) groups is 1. The van der Waals surface area contributed by atoms with Gasteiger partial charge in [0.2, 0.25) is 5.91 Å². The van der Waals surface area contributed by atoms with Gasteiger partial charge in [-0.25, -0.2) is 0 Å². The highest BCUT2D eigenvalue weighted by atomic mass is 16.5. The van der Waals surface area contributed by atoms with Crippen molar-refractivity contribution in [2.75, 3.05) is 20.2 Å². The Labute approximate surface area is 119 Å². The van der Waals surface area contributed by atoms with Gasteiger partial charge < -0.3 is 20.5 Å². The molecule has 0 bridgehead atoms. The van der Waals surface area contributed by atoms with Crippen LogP contribution in [0.4, 0.5) is 0 Å². The van der Waals surface area contributed by atoms with Crippen LogP contribution in [0.5, 0.6) is 5.75 Å². The molecule has 1 aliphatic rings. The Morgan fingerprint density at radius 2 is 2.40 bits per heavy atom. The van der Waals surface area contributed by atoms with E-state index in [9.17, 15) is 9.90 Å². The summed E-state index contributed by atoms with van der Waals surface area (Å²) in [7, 11) is 1.59. The van der Waals surface area contributed by atoms with Gasteiger partial charge in [0.05, 0.1) is 19.3 Å². The maximum absolute atomic E-state index is 11.9. The summed E-state index contributed by atoms with van der Waals surface area (Å²) in [6, 6.07) is 7.11. The first kappa shape index (κ1) is 14.8. The lowest BCUT2D eigenvalue weighted by Crippen LogP contribution is -2.47. The molecule has 1 heterocycles. The average Bonchev–Trinajstić information content (AvgIpc) is 2.53. The summed E-state index contributed by atoms with van der Waals surface area (Å²) in [5.74, 6) is 0.661. The van der Waals surface area contributed by atoms with Crippen molar-refractivity contribution in [1.82, 2.24) is 10.6 Å². The predicted molar refractivity (Wildman–Crippen MR) is 76.6 cm³/mol. The largest absolute Gasteiger partial charge is 0.497 e. The third-order valence-corrected chi connectivity index (χ3v) is 3.58. The van der Waals surface area contributed by atoms with Crippen LogP contribution in [0.15, 0.2) is 24.3 Å².